The van der Waals surface area contributed by atoms with Crippen molar-refractivity contribution in [1.29, 1.82) is 0 Å². The molecular weight excluding hydrogens is 359 g/mol. The molecule has 1 aromatic heterocycles. The number of aliphatic carboxylic acids is 1. The smallest absolute Gasteiger partial charge is 0.326 e. The van der Waals surface area contributed by atoms with Gasteiger partial charge in [-0.2, -0.15) is 0 Å². The summed E-state index contributed by atoms with van der Waals surface area (Å²) in [7, 11) is 0. The summed E-state index contributed by atoms with van der Waals surface area (Å²) in [4.78, 5) is 25.6. The van der Waals surface area contributed by atoms with Crippen molar-refractivity contribution in [2.75, 3.05) is 4.43 Å². The molecule has 1 amide bonds. The number of fused-ring (bicyclic) bond motifs is 1. The van der Waals surface area contributed by atoms with Crippen molar-refractivity contribution in [2.24, 2.45) is 0 Å². The lowest BCUT2D eigenvalue weighted by atomic mass is 10.1. The molecule has 0 aliphatic rings. The van der Waals surface area contributed by atoms with Crippen LogP contribution in [-0.2, 0) is 16.0 Å². The summed E-state index contributed by atoms with van der Waals surface area (Å²) in [5, 5.41) is 12.7. The first-order chi connectivity index (χ1) is 9.11. The standard InChI is InChI=1S/C13H13IN2O3/c14-6-12(17)16-11(13(18)19)5-8-7-15-10-4-2-1-3-9(8)10/h1-4,7,11,15H,5-6H2,(H,16,17)(H,18,19). The number of aromatic nitrogens is 1. The van der Waals surface area contributed by atoms with E-state index in [4.69, 9.17) is 5.11 Å². The molecule has 0 aliphatic heterocycles. The molecule has 0 radical (unpaired) electrons. The van der Waals surface area contributed by atoms with Crippen molar-refractivity contribution in [3.8, 4) is 0 Å². The highest BCUT2D eigenvalue weighted by molar-refractivity contribution is 14.1. The third kappa shape index (κ3) is 3.25. The summed E-state index contributed by atoms with van der Waals surface area (Å²) in [6.07, 6.45) is 2.05. The molecule has 0 saturated carbocycles. The number of aromatic amines is 1. The van der Waals surface area contributed by atoms with Crippen molar-refractivity contribution in [1.82, 2.24) is 10.3 Å². The fourth-order valence-corrected chi connectivity index (χ4v) is 2.17. The van der Waals surface area contributed by atoms with Crippen molar-refractivity contribution >= 4 is 45.4 Å². The lowest BCUT2D eigenvalue weighted by Gasteiger charge is -2.13. The summed E-state index contributed by atoms with van der Waals surface area (Å²) >= 11 is 1.90. The van der Waals surface area contributed by atoms with Crippen LogP contribution in [0.5, 0.6) is 0 Å². The first kappa shape index (κ1) is 13.9. The zero-order chi connectivity index (χ0) is 13.8. The molecule has 0 saturated heterocycles. The van der Waals surface area contributed by atoms with Gasteiger partial charge in [0, 0.05) is 23.5 Å². The first-order valence-electron chi connectivity index (χ1n) is 5.75. The summed E-state index contributed by atoms with van der Waals surface area (Å²) in [6, 6.07) is 6.77. The van der Waals surface area contributed by atoms with Crippen LogP contribution in [0.15, 0.2) is 30.5 Å². The van der Waals surface area contributed by atoms with Crippen LogP contribution in [0, 0.1) is 0 Å². The van der Waals surface area contributed by atoms with Gasteiger partial charge >= 0.3 is 5.97 Å². The van der Waals surface area contributed by atoms with Crippen LogP contribution in [0.25, 0.3) is 10.9 Å². The van der Waals surface area contributed by atoms with E-state index in [-0.39, 0.29) is 16.8 Å². The van der Waals surface area contributed by atoms with Gasteiger partial charge in [0.25, 0.3) is 0 Å². The minimum Gasteiger partial charge on any atom is -0.480 e. The van der Waals surface area contributed by atoms with E-state index in [1.807, 2.05) is 46.9 Å². The van der Waals surface area contributed by atoms with E-state index < -0.39 is 12.0 Å². The van der Waals surface area contributed by atoms with Gasteiger partial charge in [0.1, 0.15) is 6.04 Å². The minimum atomic E-state index is -1.02. The molecule has 0 fully saturated rings. The molecule has 2 aromatic rings. The Morgan fingerprint density at radius 2 is 2.11 bits per heavy atom. The normalized spacial score (nSPS) is 12.3. The van der Waals surface area contributed by atoms with Gasteiger partial charge in [-0.1, -0.05) is 40.8 Å². The molecule has 1 heterocycles. The number of carbonyl (C=O) groups excluding carboxylic acids is 1. The maximum absolute atomic E-state index is 11.3. The first-order valence-corrected chi connectivity index (χ1v) is 7.27. The summed E-state index contributed by atoms with van der Waals surface area (Å²) in [5.74, 6) is -1.30. The highest BCUT2D eigenvalue weighted by atomic mass is 127. The molecule has 1 atom stereocenters. The van der Waals surface area contributed by atoms with Crippen LogP contribution in [0.1, 0.15) is 5.56 Å². The lowest BCUT2D eigenvalue weighted by molar-refractivity contribution is -0.141. The summed E-state index contributed by atoms with van der Waals surface area (Å²) in [5.41, 5.74) is 1.85. The van der Waals surface area contributed by atoms with E-state index in [1.54, 1.807) is 6.20 Å². The Labute approximate surface area is 123 Å². The number of carboxylic acids is 1. The number of H-pyrrole nitrogens is 1. The molecule has 0 aliphatic carbocycles. The second-order valence-corrected chi connectivity index (χ2v) is 4.92. The molecule has 6 heteroatoms. The zero-order valence-electron chi connectivity index (χ0n) is 10.0. The third-order valence-electron chi connectivity index (χ3n) is 2.85. The Kier molecular flexibility index (Phi) is 4.41. The lowest BCUT2D eigenvalue weighted by Crippen LogP contribution is -2.42. The molecule has 1 aromatic carbocycles. The fraction of sp³-hybridized carbons (Fsp3) is 0.231. The zero-order valence-corrected chi connectivity index (χ0v) is 12.2. The molecule has 19 heavy (non-hydrogen) atoms. The highest BCUT2D eigenvalue weighted by Crippen LogP contribution is 2.19. The molecular formula is C13H13IN2O3. The molecule has 1 unspecified atom stereocenters. The van der Waals surface area contributed by atoms with Crippen LogP contribution >= 0.6 is 22.6 Å². The average Bonchev–Trinajstić information content (AvgIpc) is 2.81. The topological polar surface area (TPSA) is 82.2 Å². The molecule has 0 spiro atoms. The fourth-order valence-electron chi connectivity index (χ4n) is 1.95. The highest BCUT2D eigenvalue weighted by Gasteiger charge is 2.21. The Morgan fingerprint density at radius 1 is 1.37 bits per heavy atom. The van der Waals surface area contributed by atoms with Crippen molar-refractivity contribution < 1.29 is 14.7 Å². The van der Waals surface area contributed by atoms with Crippen molar-refractivity contribution in [3.63, 3.8) is 0 Å². The van der Waals surface area contributed by atoms with E-state index in [0.717, 1.165) is 16.5 Å². The predicted octanol–water partition coefficient (Wildman–Crippen LogP) is 1.71. The average molecular weight is 372 g/mol. The SMILES string of the molecule is O=C(CI)NC(Cc1c[nH]c2ccccc12)C(=O)O. The number of amides is 1. The summed E-state index contributed by atoms with van der Waals surface area (Å²) < 4.78 is 0.245. The van der Waals surface area contributed by atoms with Crippen LogP contribution in [-0.4, -0.2) is 32.4 Å². The number of alkyl halides is 1. The van der Waals surface area contributed by atoms with Gasteiger partial charge in [0.05, 0.1) is 4.43 Å². The Hall–Kier alpha value is -1.57. The number of hydrogen-bond donors (Lipinski definition) is 3. The molecule has 2 rings (SSSR count). The van der Waals surface area contributed by atoms with E-state index in [0.29, 0.717) is 0 Å². The Bertz CT molecular complexity index is 609. The van der Waals surface area contributed by atoms with Crippen LogP contribution in [0.3, 0.4) is 0 Å². The maximum atomic E-state index is 11.3. The Balaban J connectivity index is 2.21. The number of carboxylic acid groups (broad SMARTS) is 1. The van der Waals surface area contributed by atoms with Gasteiger partial charge in [-0.25, -0.2) is 4.79 Å². The number of hydrogen-bond acceptors (Lipinski definition) is 2. The molecule has 0 bridgehead atoms. The van der Waals surface area contributed by atoms with E-state index in [2.05, 4.69) is 10.3 Å². The third-order valence-corrected chi connectivity index (χ3v) is 3.55. The second kappa shape index (κ2) is 6.05. The van der Waals surface area contributed by atoms with Crippen LogP contribution in [0.2, 0.25) is 0 Å². The number of rotatable bonds is 5. The van der Waals surface area contributed by atoms with Crippen LogP contribution in [0.4, 0.5) is 0 Å². The number of benzene rings is 1. The van der Waals surface area contributed by atoms with E-state index in [1.165, 1.54) is 0 Å². The molecule has 5 nitrogen and oxygen atoms in total. The number of para-hydroxylation sites is 1. The molecule has 3 N–H and O–H groups in total. The number of carbonyl (C=O) groups is 2. The van der Waals surface area contributed by atoms with Gasteiger partial charge in [-0.05, 0) is 11.6 Å². The quantitative estimate of drug-likeness (QED) is 0.552. The van der Waals surface area contributed by atoms with Gasteiger partial charge in [-0.15, -0.1) is 0 Å². The van der Waals surface area contributed by atoms with Crippen molar-refractivity contribution in [3.05, 3.63) is 36.0 Å². The maximum Gasteiger partial charge on any atom is 0.326 e. The predicted molar refractivity (Wildman–Crippen MR) is 80.5 cm³/mol. The van der Waals surface area contributed by atoms with Gasteiger partial charge < -0.3 is 15.4 Å². The number of nitrogens with one attached hydrogen (secondary N) is 2. The Morgan fingerprint density at radius 3 is 2.79 bits per heavy atom. The minimum absolute atomic E-state index is 0.245. The van der Waals surface area contributed by atoms with E-state index >= 15 is 0 Å². The van der Waals surface area contributed by atoms with Gasteiger partial charge in [-0.3, -0.25) is 4.79 Å². The van der Waals surface area contributed by atoms with E-state index in [9.17, 15) is 9.59 Å². The van der Waals surface area contributed by atoms with Crippen LogP contribution < -0.4 is 5.32 Å². The van der Waals surface area contributed by atoms with Crippen molar-refractivity contribution in [2.45, 2.75) is 12.5 Å². The number of halogens is 1. The second-order valence-electron chi connectivity index (χ2n) is 4.16. The monoisotopic (exact) mass is 372 g/mol. The molecule has 100 valence electrons. The van der Waals surface area contributed by atoms with Gasteiger partial charge in [0.15, 0.2) is 0 Å². The van der Waals surface area contributed by atoms with Gasteiger partial charge in [0.2, 0.25) is 5.91 Å². The largest absolute Gasteiger partial charge is 0.480 e. The summed E-state index contributed by atoms with van der Waals surface area (Å²) in [6.45, 7) is 0.